The van der Waals surface area contributed by atoms with Gasteiger partial charge in [-0.25, -0.2) is 13.8 Å². The molecule has 1 aromatic carbocycles. The monoisotopic (exact) mass is 257 g/mol. The third-order valence-corrected chi connectivity index (χ3v) is 2.98. The van der Waals surface area contributed by atoms with E-state index in [1.807, 2.05) is 0 Å². The number of hydrogen-bond acceptors (Lipinski definition) is 4. The van der Waals surface area contributed by atoms with Crippen LogP contribution in [-0.2, 0) is 6.61 Å². The fourth-order valence-electron chi connectivity index (χ4n) is 1.27. The average Bonchev–Trinajstić information content (AvgIpc) is 2.69. The van der Waals surface area contributed by atoms with Crippen LogP contribution in [-0.4, -0.2) is 10.1 Å². The zero-order chi connectivity index (χ0) is 12.4. The number of nitrogens with zero attached hydrogens (tertiary/aromatic N) is 1. The van der Waals surface area contributed by atoms with Crippen LogP contribution < -0.4 is 0 Å². The van der Waals surface area contributed by atoms with E-state index in [2.05, 4.69) is 4.98 Å². The molecule has 90 valence electrons. The van der Waals surface area contributed by atoms with Crippen LogP contribution in [0.1, 0.15) is 11.3 Å². The number of hydrogen-bond donors (Lipinski definition) is 1. The fraction of sp³-hybridized carbons (Fsp3) is 0.182. The summed E-state index contributed by atoms with van der Waals surface area (Å²) in [5, 5.41) is 8.98. The maximum atomic E-state index is 13.5. The highest BCUT2D eigenvalue weighted by Crippen LogP contribution is 2.32. The topological polar surface area (TPSA) is 46.3 Å². The molecule has 17 heavy (non-hydrogen) atoms. The standard InChI is InChI=1S/C11H9F2NO2S/c1-6-5-16-11(14-6)17-10-8(12)2-7(4-15)3-9(10)13/h2-3,5,15H,4H2,1H3. The van der Waals surface area contributed by atoms with Crippen molar-refractivity contribution in [3.8, 4) is 0 Å². The number of benzene rings is 1. The van der Waals surface area contributed by atoms with Crippen molar-refractivity contribution in [3.05, 3.63) is 41.3 Å². The third kappa shape index (κ3) is 2.65. The van der Waals surface area contributed by atoms with E-state index >= 15 is 0 Å². The Morgan fingerprint density at radius 2 is 2.00 bits per heavy atom. The van der Waals surface area contributed by atoms with E-state index in [1.54, 1.807) is 6.92 Å². The van der Waals surface area contributed by atoms with Gasteiger partial charge in [-0.3, -0.25) is 0 Å². The van der Waals surface area contributed by atoms with Crippen molar-refractivity contribution < 1.29 is 18.3 Å². The summed E-state index contributed by atoms with van der Waals surface area (Å²) >= 11 is 0.771. The average molecular weight is 257 g/mol. The SMILES string of the molecule is Cc1coc(Sc2c(F)cc(CO)cc2F)n1. The first-order valence-electron chi connectivity index (χ1n) is 4.79. The Morgan fingerprint density at radius 1 is 1.35 bits per heavy atom. The molecule has 0 aliphatic rings. The lowest BCUT2D eigenvalue weighted by Crippen LogP contribution is -1.93. The Balaban J connectivity index is 2.33. The second-order valence-electron chi connectivity index (χ2n) is 3.40. The molecule has 1 aromatic heterocycles. The minimum atomic E-state index is -0.741. The van der Waals surface area contributed by atoms with Crippen molar-refractivity contribution in [3.63, 3.8) is 0 Å². The molecule has 0 unspecified atom stereocenters. The third-order valence-electron chi connectivity index (χ3n) is 2.03. The summed E-state index contributed by atoms with van der Waals surface area (Å²) in [7, 11) is 0. The molecule has 0 aliphatic heterocycles. The molecular formula is C11H9F2NO2S. The normalized spacial score (nSPS) is 10.8. The molecule has 1 heterocycles. The summed E-state index contributed by atoms with van der Waals surface area (Å²) in [6.07, 6.45) is 1.40. The first kappa shape index (κ1) is 12.1. The predicted octanol–water partition coefficient (Wildman–Crippen LogP) is 2.90. The van der Waals surface area contributed by atoms with Crippen LogP contribution in [0.5, 0.6) is 0 Å². The first-order valence-corrected chi connectivity index (χ1v) is 5.60. The summed E-state index contributed by atoms with van der Waals surface area (Å²) in [6, 6.07) is 2.17. The molecule has 0 saturated carbocycles. The van der Waals surface area contributed by atoms with E-state index in [0.717, 1.165) is 23.9 Å². The van der Waals surface area contributed by atoms with E-state index in [4.69, 9.17) is 9.52 Å². The summed E-state index contributed by atoms with van der Waals surface area (Å²) in [5.41, 5.74) is 0.827. The van der Waals surface area contributed by atoms with E-state index < -0.39 is 18.2 Å². The van der Waals surface area contributed by atoms with Gasteiger partial charge in [0.15, 0.2) is 0 Å². The Kier molecular flexibility index (Phi) is 3.44. The Labute approximate surface area is 100 Å². The second-order valence-corrected chi connectivity index (χ2v) is 4.37. The Morgan fingerprint density at radius 3 is 2.47 bits per heavy atom. The molecule has 0 radical (unpaired) electrons. The molecule has 6 heteroatoms. The number of aryl methyl sites for hydroxylation is 1. The predicted molar refractivity (Wildman–Crippen MR) is 57.6 cm³/mol. The van der Waals surface area contributed by atoms with Gasteiger partial charge >= 0.3 is 0 Å². The van der Waals surface area contributed by atoms with Crippen LogP contribution in [0.25, 0.3) is 0 Å². The van der Waals surface area contributed by atoms with Crippen molar-refractivity contribution in [1.82, 2.24) is 4.98 Å². The molecular weight excluding hydrogens is 248 g/mol. The summed E-state index contributed by atoms with van der Waals surface area (Å²) < 4.78 is 32.1. The van der Waals surface area contributed by atoms with Gasteiger partial charge in [0.2, 0.25) is 0 Å². The molecule has 2 aromatic rings. The van der Waals surface area contributed by atoms with Crippen molar-refractivity contribution in [2.75, 3.05) is 0 Å². The van der Waals surface area contributed by atoms with Crippen LogP contribution in [0, 0.1) is 18.6 Å². The second kappa shape index (κ2) is 4.85. The van der Waals surface area contributed by atoms with Gasteiger partial charge < -0.3 is 9.52 Å². The molecule has 2 rings (SSSR count). The lowest BCUT2D eigenvalue weighted by atomic mass is 10.2. The fourth-order valence-corrected chi connectivity index (χ4v) is 2.04. The summed E-state index contributed by atoms with van der Waals surface area (Å²) in [5.74, 6) is -1.48. The Bertz CT molecular complexity index is 519. The number of halogens is 2. The van der Waals surface area contributed by atoms with Crippen molar-refractivity contribution in [1.29, 1.82) is 0 Å². The molecule has 0 bridgehead atoms. The van der Waals surface area contributed by atoms with E-state index in [-0.39, 0.29) is 15.7 Å². The molecule has 0 atom stereocenters. The molecule has 1 N–H and O–H groups in total. The Hall–Kier alpha value is -1.40. The van der Waals surface area contributed by atoms with Gasteiger partial charge in [0, 0.05) is 0 Å². The largest absolute Gasteiger partial charge is 0.439 e. The van der Waals surface area contributed by atoms with E-state index in [1.165, 1.54) is 6.26 Å². The molecule has 0 fully saturated rings. The smallest absolute Gasteiger partial charge is 0.260 e. The number of aromatic nitrogens is 1. The zero-order valence-electron chi connectivity index (χ0n) is 8.91. The van der Waals surface area contributed by atoms with E-state index in [0.29, 0.717) is 5.69 Å². The van der Waals surface area contributed by atoms with Crippen molar-refractivity contribution >= 4 is 11.8 Å². The molecule has 0 spiro atoms. The molecule has 0 saturated heterocycles. The van der Waals surface area contributed by atoms with Gasteiger partial charge in [-0.1, -0.05) is 0 Å². The highest BCUT2D eigenvalue weighted by atomic mass is 32.2. The van der Waals surface area contributed by atoms with Crippen molar-refractivity contribution in [2.24, 2.45) is 0 Å². The van der Waals surface area contributed by atoms with Gasteiger partial charge in [-0.2, -0.15) is 0 Å². The van der Waals surface area contributed by atoms with Gasteiger partial charge in [-0.05, 0) is 36.4 Å². The number of rotatable bonds is 3. The molecule has 0 aliphatic carbocycles. The van der Waals surface area contributed by atoms with Gasteiger partial charge in [0.1, 0.15) is 17.9 Å². The number of oxazole rings is 1. The minimum absolute atomic E-state index is 0.178. The highest BCUT2D eigenvalue weighted by Gasteiger charge is 2.15. The van der Waals surface area contributed by atoms with Crippen LogP contribution in [0.3, 0.4) is 0 Å². The molecule has 0 amide bonds. The van der Waals surface area contributed by atoms with Crippen LogP contribution in [0.4, 0.5) is 8.78 Å². The number of aliphatic hydroxyl groups is 1. The van der Waals surface area contributed by atoms with Gasteiger partial charge in [0.25, 0.3) is 5.22 Å². The maximum Gasteiger partial charge on any atom is 0.260 e. The van der Waals surface area contributed by atoms with Crippen LogP contribution in [0.2, 0.25) is 0 Å². The van der Waals surface area contributed by atoms with Crippen LogP contribution in [0.15, 0.2) is 32.9 Å². The summed E-state index contributed by atoms with van der Waals surface area (Å²) in [4.78, 5) is 3.75. The number of aliphatic hydroxyl groups excluding tert-OH is 1. The van der Waals surface area contributed by atoms with E-state index in [9.17, 15) is 8.78 Å². The molecule has 3 nitrogen and oxygen atoms in total. The lowest BCUT2D eigenvalue weighted by Gasteiger charge is -2.04. The van der Waals surface area contributed by atoms with Gasteiger partial charge in [0.05, 0.1) is 17.2 Å². The quantitative estimate of drug-likeness (QED) is 0.918. The summed E-state index contributed by atoms with van der Waals surface area (Å²) in [6.45, 7) is 1.31. The highest BCUT2D eigenvalue weighted by molar-refractivity contribution is 7.99. The van der Waals surface area contributed by atoms with Crippen molar-refractivity contribution in [2.45, 2.75) is 23.6 Å². The van der Waals surface area contributed by atoms with Gasteiger partial charge in [-0.15, -0.1) is 0 Å². The maximum absolute atomic E-state index is 13.5. The zero-order valence-corrected chi connectivity index (χ0v) is 9.72. The minimum Gasteiger partial charge on any atom is -0.439 e. The lowest BCUT2D eigenvalue weighted by molar-refractivity contribution is 0.280. The van der Waals surface area contributed by atoms with Crippen LogP contribution >= 0.6 is 11.8 Å². The first-order chi connectivity index (χ1) is 8.10.